The van der Waals surface area contributed by atoms with Gasteiger partial charge < -0.3 is 10.5 Å². The van der Waals surface area contributed by atoms with Gasteiger partial charge in [-0.25, -0.2) is 4.98 Å². The van der Waals surface area contributed by atoms with E-state index in [0.717, 1.165) is 14.5 Å². The summed E-state index contributed by atoms with van der Waals surface area (Å²) in [6.07, 6.45) is 1.76. The van der Waals surface area contributed by atoms with Crippen LogP contribution >= 0.6 is 43.2 Å². The monoisotopic (exact) mass is 460 g/mol. The lowest BCUT2D eigenvalue weighted by molar-refractivity contribution is -0.142. The zero-order chi connectivity index (χ0) is 16.8. The molecule has 2 rings (SSSR count). The van der Waals surface area contributed by atoms with E-state index in [0.29, 0.717) is 23.1 Å². The molecule has 6 nitrogen and oxygen atoms in total. The number of halogens is 2. The third-order valence-electron chi connectivity index (χ3n) is 2.67. The van der Waals surface area contributed by atoms with Crippen molar-refractivity contribution >= 4 is 66.2 Å². The molecular weight excluding hydrogens is 448 g/mol. The highest BCUT2D eigenvalue weighted by atomic mass is 79.9. The van der Waals surface area contributed by atoms with Crippen LogP contribution in [0.3, 0.4) is 0 Å². The lowest BCUT2D eigenvalue weighted by atomic mass is 10.2. The SMILES string of the molecule is CCOC(=O)Cc1csc(NN=Cc2cc(Br)cc(Br)c2N)n1. The number of aromatic nitrogens is 1. The molecule has 0 saturated heterocycles. The van der Waals surface area contributed by atoms with Gasteiger partial charge in [0.15, 0.2) is 0 Å². The molecule has 122 valence electrons. The van der Waals surface area contributed by atoms with E-state index in [1.165, 1.54) is 11.3 Å². The largest absolute Gasteiger partial charge is 0.466 e. The van der Waals surface area contributed by atoms with Crippen molar-refractivity contribution < 1.29 is 9.53 Å². The Labute approximate surface area is 154 Å². The summed E-state index contributed by atoms with van der Waals surface area (Å²) in [4.78, 5) is 15.7. The van der Waals surface area contributed by atoms with Crippen molar-refractivity contribution in [3.8, 4) is 0 Å². The maximum absolute atomic E-state index is 11.4. The lowest BCUT2D eigenvalue weighted by Gasteiger charge is -2.03. The molecule has 0 saturated carbocycles. The molecule has 0 bridgehead atoms. The molecule has 0 atom stereocenters. The molecular formula is C14H14Br2N4O2S. The number of ether oxygens (including phenoxy) is 1. The van der Waals surface area contributed by atoms with Crippen LogP contribution in [0.25, 0.3) is 0 Å². The van der Waals surface area contributed by atoms with Crippen molar-refractivity contribution in [1.82, 2.24) is 4.98 Å². The number of carbonyl (C=O) groups is 1. The van der Waals surface area contributed by atoms with E-state index in [2.05, 4.69) is 47.4 Å². The van der Waals surface area contributed by atoms with E-state index in [1.807, 2.05) is 12.1 Å². The zero-order valence-corrected chi connectivity index (χ0v) is 16.2. The molecule has 0 aliphatic heterocycles. The van der Waals surface area contributed by atoms with Crippen molar-refractivity contribution in [2.75, 3.05) is 17.8 Å². The standard InChI is InChI=1S/C14H14Br2N4O2S/c1-2-22-12(21)5-10-7-23-14(19-10)20-18-6-8-3-9(15)4-11(16)13(8)17/h3-4,6-7H,2,5,17H2,1H3,(H,19,20). The summed E-state index contributed by atoms with van der Waals surface area (Å²) >= 11 is 8.14. The van der Waals surface area contributed by atoms with Gasteiger partial charge in [-0.3, -0.25) is 10.2 Å². The topological polar surface area (TPSA) is 89.6 Å². The summed E-state index contributed by atoms with van der Waals surface area (Å²) in [6.45, 7) is 2.13. The minimum absolute atomic E-state index is 0.154. The first-order valence-electron chi connectivity index (χ1n) is 6.63. The molecule has 2 aromatic rings. The number of nitrogen functional groups attached to an aromatic ring is 1. The third kappa shape index (κ3) is 5.29. The third-order valence-corrected chi connectivity index (χ3v) is 4.58. The molecule has 0 spiro atoms. The van der Waals surface area contributed by atoms with Gasteiger partial charge >= 0.3 is 5.97 Å². The number of nitrogens with two attached hydrogens (primary N) is 1. The fourth-order valence-corrected chi connectivity index (χ4v) is 3.59. The highest BCUT2D eigenvalue weighted by Crippen LogP contribution is 2.27. The van der Waals surface area contributed by atoms with Gasteiger partial charge in [-0.15, -0.1) is 11.3 Å². The van der Waals surface area contributed by atoms with Crippen LogP contribution in [0.4, 0.5) is 10.8 Å². The quantitative estimate of drug-likeness (QED) is 0.295. The maximum Gasteiger partial charge on any atom is 0.311 e. The van der Waals surface area contributed by atoms with E-state index in [4.69, 9.17) is 10.5 Å². The Kier molecular flexibility index (Phi) is 6.55. The number of benzene rings is 1. The van der Waals surface area contributed by atoms with Crippen molar-refractivity contribution in [3.63, 3.8) is 0 Å². The number of anilines is 2. The molecule has 0 aliphatic carbocycles. The Morgan fingerprint density at radius 3 is 3.04 bits per heavy atom. The smallest absolute Gasteiger partial charge is 0.311 e. The Balaban J connectivity index is 1.99. The summed E-state index contributed by atoms with van der Waals surface area (Å²) in [5.41, 5.74) is 10.8. The number of hydrazone groups is 1. The van der Waals surface area contributed by atoms with Crippen LogP contribution in [0.5, 0.6) is 0 Å². The van der Waals surface area contributed by atoms with Crippen LogP contribution in [0, 0.1) is 0 Å². The minimum Gasteiger partial charge on any atom is -0.466 e. The number of nitrogens with one attached hydrogen (secondary N) is 1. The van der Waals surface area contributed by atoms with Gasteiger partial charge in [-0.1, -0.05) is 15.9 Å². The zero-order valence-electron chi connectivity index (χ0n) is 12.2. The second-order valence-corrected chi connectivity index (χ2v) is 7.01. The molecule has 3 N–H and O–H groups in total. The first-order chi connectivity index (χ1) is 11.0. The minimum atomic E-state index is -0.292. The lowest BCUT2D eigenvalue weighted by Crippen LogP contribution is -2.07. The number of esters is 1. The Morgan fingerprint density at radius 2 is 2.30 bits per heavy atom. The first kappa shape index (κ1) is 17.9. The average Bonchev–Trinajstić information content (AvgIpc) is 2.91. The second kappa shape index (κ2) is 8.42. The van der Waals surface area contributed by atoms with Gasteiger partial charge in [0, 0.05) is 19.9 Å². The highest BCUT2D eigenvalue weighted by molar-refractivity contribution is 9.11. The number of hydrogen-bond donors (Lipinski definition) is 2. The van der Waals surface area contributed by atoms with Gasteiger partial charge in [0.1, 0.15) is 0 Å². The molecule has 23 heavy (non-hydrogen) atoms. The number of carbonyl (C=O) groups excluding carboxylic acids is 1. The molecule has 0 aliphatic rings. The fourth-order valence-electron chi connectivity index (χ4n) is 1.67. The maximum atomic E-state index is 11.4. The molecule has 0 unspecified atom stereocenters. The first-order valence-corrected chi connectivity index (χ1v) is 9.09. The molecule has 1 aromatic carbocycles. The molecule has 0 fully saturated rings. The van der Waals surface area contributed by atoms with E-state index >= 15 is 0 Å². The van der Waals surface area contributed by atoms with Crippen molar-refractivity contribution in [3.05, 3.63) is 37.7 Å². The molecule has 9 heteroatoms. The van der Waals surface area contributed by atoms with Crippen LogP contribution in [-0.2, 0) is 16.0 Å². The van der Waals surface area contributed by atoms with E-state index in [1.54, 1.807) is 18.5 Å². The highest BCUT2D eigenvalue weighted by Gasteiger charge is 2.08. The van der Waals surface area contributed by atoms with Crippen molar-refractivity contribution in [2.45, 2.75) is 13.3 Å². The summed E-state index contributed by atoms with van der Waals surface area (Å²) < 4.78 is 6.57. The van der Waals surface area contributed by atoms with Crippen molar-refractivity contribution in [1.29, 1.82) is 0 Å². The fraction of sp³-hybridized carbons (Fsp3) is 0.214. The number of rotatable bonds is 6. The van der Waals surface area contributed by atoms with Crippen LogP contribution in [-0.4, -0.2) is 23.8 Å². The summed E-state index contributed by atoms with van der Waals surface area (Å²) in [7, 11) is 0. The van der Waals surface area contributed by atoms with Gasteiger partial charge in [-0.05, 0) is 35.0 Å². The Hall–Kier alpha value is -1.45. The Bertz CT molecular complexity index is 734. The van der Waals surface area contributed by atoms with Crippen molar-refractivity contribution in [2.24, 2.45) is 5.10 Å². The normalized spacial score (nSPS) is 10.9. The van der Waals surface area contributed by atoms with Crippen LogP contribution in [0.1, 0.15) is 18.2 Å². The van der Waals surface area contributed by atoms with E-state index < -0.39 is 0 Å². The van der Waals surface area contributed by atoms with E-state index in [-0.39, 0.29) is 12.4 Å². The van der Waals surface area contributed by atoms with E-state index in [9.17, 15) is 4.79 Å². The average molecular weight is 462 g/mol. The summed E-state index contributed by atoms with van der Waals surface area (Å²) in [5.74, 6) is -0.292. The van der Waals surface area contributed by atoms with Crippen LogP contribution < -0.4 is 11.2 Å². The van der Waals surface area contributed by atoms with Crippen LogP contribution in [0.15, 0.2) is 31.6 Å². The summed E-state index contributed by atoms with van der Waals surface area (Å²) in [6, 6.07) is 3.72. The van der Waals surface area contributed by atoms with Gasteiger partial charge in [0.05, 0.1) is 30.6 Å². The second-order valence-electron chi connectivity index (χ2n) is 4.39. The number of nitrogens with zero attached hydrogens (tertiary/aromatic N) is 2. The number of thiazole rings is 1. The van der Waals surface area contributed by atoms with Gasteiger partial charge in [0.25, 0.3) is 0 Å². The van der Waals surface area contributed by atoms with Gasteiger partial charge in [-0.2, -0.15) is 5.10 Å². The summed E-state index contributed by atoms with van der Waals surface area (Å²) in [5, 5.41) is 6.50. The predicted molar refractivity (Wildman–Crippen MR) is 99.9 cm³/mol. The molecule has 0 radical (unpaired) electrons. The molecule has 1 aromatic heterocycles. The number of hydrogen-bond acceptors (Lipinski definition) is 7. The molecule has 0 amide bonds. The van der Waals surface area contributed by atoms with Crippen LogP contribution in [0.2, 0.25) is 0 Å². The molecule has 1 heterocycles. The Morgan fingerprint density at radius 1 is 1.52 bits per heavy atom. The predicted octanol–water partition coefficient (Wildman–Crippen LogP) is 3.80. The van der Waals surface area contributed by atoms with Gasteiger partial charge in [0.2, 0.25) is 5.13 Å².